The molecule has 0 aliphatic heterocycles. The molecule has 0 radical (unpaired) electrons. The van der Waals surface area contributed by atoms with Crippen LogP contribution in [0.1, 0.15) is 144 Å². The van der Waals surface area contributed by atoms with Crippen LogP contribution >= 0.6 is 0 Å². The first-order valence-electron chi connectivity index (χ1n) is 13.6. The number of benzene rings is 1. The minimum atomic E-state index is -0.469. The molecule has 4 nitrogen and oxygen atoms in total. The summed E-state index contributed by atoms with van der Waals surface area (Å²) in [7, 11) is 0. The molecule has 0 N–H and O–H groups in total. The first-order chi connectivity index (χ1) is 16.1. The zero-order valence-electron chi connectivity index (χ0n) is 21.5. The Morgan fingerprint density at radius 1 is 0.667 bits per heavy atom. The standard InChI is InChI=1S/C29H48O4/c1-4-6-7-8-9-10-11-12-13-14-15-16-17-18-21-24-32-28(30)26-22-19-20-23-27(26)29(31)33-25(3)5-2/h19-20,22-23,25H,4-18,21,24H2,1-3H3. The van der Waals surface area contributed by atoms with E-state index < -0.39 is 11.9 Å². The van der Waals surface area contributed by atoms with Gasteiger partial charge in [-0.2, -0.15) is 0 Å². The summed E-state index contributed by atoms with van der Waals surface area (Å²) >= 11 is 0. The Morgan fingerprint density at radius 3 is 1.55 bits per heavy atom. The van der Waals surface area contributed by atoms with Crippen LogP contribution in [0.15, 0.2) is 24.3 Å². The molecule has 0 saturated carbocycles. The number of esters is 2. The third-order valence-electron chi connectivity index (χ3n) is 6.23. The van der Waals surface area contributed by atoms with Crippen molar-refractivity contribution in [1.82, 2.24) is 0 Å². The molecular formula is C29H48O4. The van der Waals surface area contributed by atoms with Crippen LogP contribution in [0.2, 0.25) is 0 Å². The molecule has 0 aromatic heterocycles. The third-order valence-corrected chi connectivity index (χ3v) is 6.23. The lowest BCUT2D eigenvalue weighted by atomic mass is 10.0. The van der Waals surface area contributed by atoms with Crippen molar-refractivity contribution in [2.24, 2.45) is 0 Å². The molecule has 1 unspecified atom stereocenters. The lowest BCUT2D eigenvalue weighted by molar-refractivity contribution is 0.0321. The molecule has 0 spiro atoms. The second kappa shape index (κ2) is 19.6. The van der Waals surface area contributed by atoms with Gasteiger partial charge >= 0.3 is 11.9 Å². The molecule has 1 rings (SSSR count). The average Bonchev–Trinajstić information content (AvgIpc) is 2.83. The predicted octanol–water partition coefficient (Wildman–Crippen LogP) is 8.67. The van der Waals surface area contributed by atoms with E-state index in [0.29, 0.717) is 6.61 Å². The topological polar surface area (TPSA) is 52.6 Å². The van der Waals surface area contributed by atoms with E-state index in [1.165, 1.54) is 83.5 Å². The van der Waals surface area contributed by atoms with Crippen molar-refractivity contribution in [1.29, 1.82) is 0 Å². The normalized spacial score (nSPS) is 11.8. The number of hydrogen-bond acceptors (Lipinski definition) is 4. The van der Waals surface area contributed by atoms with Crippen molar-refractivity contribution in [2.75, 3.05) is 6.61 Å². The molecular weight excluding hydrogens is 412 g/mol. The monoisotopic (exact) mass is 460 g/mol. The maximum atomic E-state index is 12.4. The van der Waals surface area contributed by atoms with E-state index in [1.54, 1.807) is 24.3 Å². The maximum absolute atomic E-state index is 12.4. The second-order valence-corrected chi connectivity index (χ2v) is 9.26. The van der Waals surface area contributed by atoms with Gasteiger partial charge in [-0.15, -0.1) is 0 Å². The first-order valence-corrected chi connectivity index (χ1v) is 13.6. The average molecular weight is 461 g/mol. The van der Waals surface area contributed by atoms with E-state index in [2.05, 4.69) is 6.92 Å². The number of carbonyl (C=O) groups is 2. The van der Waals surface area contributed by atoms with Crippen molar-refractivity contribution in [3.63, 3.8) is 0 Å². The molecule has 0 bridgehead atoms. The summed E-state index contributed by atoms with van der Waals surface area (Å²) in [5.41, 5.74) is 0.561. The zero-order valence-corrected chi connectivity index (χ0v) is 21.5. The molecule has 4 heteroatoms. The molecule has 0 aliphatic carbocycles. The van der Waals surface area contributed by atoms with Crippen LogP contribution in [-0.2, 0) is 9.47 Å². The number of unbranched alkanes of at least 4 members (excludes halogenated alkanes) is 14. The highest BCUT2D eigenvalue weighted by molar-refractivity contribution is 6.03. The minimum Gasteiger partial charge on any atom is -0.462 e. The van der Waals surface area contributed by atoms with Crippen LogP contribution < -0.4 is 0 Å². The van der Waals surface area contributed by atoms with Crippen LogP contribution in [0.25, 0.3) is 0 Å². The van der Waals surface area contributed by atoms with Gasteiger partial charge in [-0.3, -0.25) is 0 Å². The SMILES string of the molecule is CCCCCCCCCCCCCCCCCOC(=O)c1ccccc1C(=O)OC(C)CC. The fourth-order valence-electron chi connectivity index (χ4n) is 3.88. The summed E-state index contributed by atoms with van der Waals surface area (Å²) in [6, 6.07) is 6.72. The van der Waals surface area contributed by atoms with Crippen molar-refractivity contribution in [3.8, 4) is 0 Å². The second-order valence-electron chi connectivity index (χ2n) is 9.26. The van der Waals surface area contributed by atoms with E-state index in [9.17, 15) is 9.59 Å². The molecule has 0 saturated heterocycles. The van der Waals surface area contributed by atoms with Gasteiger partial charge in [0.05, 0.1) is 23.8 Å². The Bertz CT molecular complexity index is 640. The van der Waals surface area contributed by atoms with Crippen molar-refractivity contribution in [3.05, 3.63) is 35.4 Å². The van der Waals surface area contributed by atoms with E-state index in [4.69, 9.17) is 9.47 Å². The summed E-state index contributed by atoms with van der Waals surface area (Å²) in [5, 5.41) is 0. The minimum absolute atomic E-state index is 0.179. The Balaban J connectivity index is 2.06. The molecule has 1 aromatic carbocycles. The highest BCUT2D eigenvalue weighted by Gasteiger charge is 2.20. The predicted molar refractivity (Wildman–Crippen MR) is 137 cm³/mol. The van der Waals surface area contributed by atoms with Gasteiger partial charge in [-0.1, -0.05) is 116 Å². The molecule has 33 heavy (non-hydrogen) atoms. The lowest BCUT2D eigenvalue weighted by Gasteiger charge is -2.13. The maximum Gasteiger partial charge on any atom is 0.339 e. The van der Waals surface area contributed by atoms with E-state index in [0.717, 1.165) is 19.3 Å². The van der Waals surface area contributed by atoms with Crippen LogP contribution in [0, 0.1) is 0 Å². The van der Waals surface area contributed by atoms with Gasteiger partial charge in [0, 0.05) is 0 Å². The fraction of sp³-hybridized carbons (Fsp3) is 0.724. The molecule has 188 valence electrons. The Kier molecular flexibility index (Phi) is 17.4. The largest absolute Gasteiger partial charge is 0.462 e. The molecule has 1 aromatic rings. The quantitative estimate of drug-likeness (QED) is 0.144. The molecule has 0 amide bonds. The number of hydrogen-bond donors (Lipinski definition) is 0. The van der Waals surface area contributed by atoms with Gasteiger partial charge in [-0.25, -0.2) is 9.59 Å². The van der Waals surface area contributed by atoms with E-state index >= 15 is 0 Å². The van der Waals surface area contributed by atoms with Gasteiger partial charge in [0.15, 0.2) is 0 Å². The van der Waals surface area contributed by atoms with Gasteiger partial charge in [0.25, 0.3) is 0 Å². The van der Waals surface area contributed by atoms with Crippen molar-refractivity contribution in [2.45, 2.75) is 130 Å². The van der Waals surface area contributed by atoms with Crippen LogP contribution in [-0.4, -0.2) is 24.6 Å². The molecule has 0 fully saturated rings. The third kappa shape index (κ3) is 14.1. The molecule has 0 heterocycles. The fourth-order valence-corrected chi connectivity index (χ4v) is 3.88. The highest BCUT2D eigenvalue weighted by atomic mass is 16.5. The number of carbonyl (C=O) groups excluding carboxylic acids is 2. The van der Waals surface area contributed by atoms with Crippen LogP contribution in [0.5, 0.6) is 0 Å². The highest BCUT2D eigenvalue weighted by Crippen LogP contribution is 2.15. The van der Waals surface area contributed by atoms with Crippen molar-refractivity contribution < 1.29 is 19.1 Å². The number of ether oxygens (including phenoxy) is 2. The van der Waals surface area contributed by atoms with Crippen LogP contribution in [0.3, 0.4) is 0 Å². The Morgan fingerprint density at radius 2 is 1.09 bits per heavy atom. The summed E-state index contributed by atoms with van der Waals surface area (Å²) in [4.78, 5) is 24.8. The number of rotatable bonds is 20. The summed E-state index contributed by atoms with van der Waals surface area (Å²) in [5.74, 6) is -0.916. The molecule has 1 atom stereocenters. The summed E-state index contributed by atoms with van der Waals surface area (Å²) in [6.45, 7) is 6.46. The van der Waals surface area contributed by atoms with E-state index in [-0.39, 0.29) is 17.2 Å². The first kappa shape index (κ1) is 29.2. The van der Waals surface area contributed by atoms with Gasteiger partial charge < -0.3 is 9.47 Å². The zero-order chi connectivity index (χ0) is 24.2. The van der Waals surface area contributed by atoms with Gasteiger partial charge in [0.2, 0.25) is 0 Å². The summed E-state index contributed by atoms with van der Waals surface area (Å²) < 4.78 is 10.8. The Labute approximate surface area is 202 Å². The van der Waals surface area contributed by atoms with Crippen molar-refractivity contribution >= 4 is 11.9 Å². The smallest absolute Gasteiger partial charge is 0.339 e. The van der Waals surface area contributed by atoms with E-state index in [1.807, 2.05) is 13.8 Å². The van der Waals surface area contributed by atoms with Crippen LogP contribution in [0.4, 0.5) is 0 Å². The lowest BCUT2D eigenvalue weighted by Crippen LogP contribution is -2.18. The Hall–Kier alpha value is -1.84. The molecule has 0 aliphatic rings. The van der Waals surface area contributed by atoms with Gasteiger partial charge in [-0.05, 0) is 31.9 Å². The summed E-state index contributed by atoms with van der Waals surface area (Å²) in [6.07, 6.45) is 20.1. The van der Waals surface area contributed by atoms with Gasteiger partial charge in [0.1, 0.15) is 0 Å².